The Hall–Kier alpha value is -5.39. The van der Waals surface area contributed by atoms with E-state index in [1.807, 2.05) is 30.3 Å². The molecular formula is C34H23ClN2O8S. The first-order valence-electron chi connectivity index (χ1n) is 14.1. The van der Waals surface area contributed by atoms with Gasteiger partial charge in [-0.05, 0) is 48.9 Å². The van der Waals surface area contributed by atoms with E-state index in [0.29, 0.717) is 54.7 Å². The average molecular weight is 655 g/mol. The van der Waals surface area contributed by atoms with Gasteiger partial charge in [0.05, 0.1) is 39.0 Å². The molecule has 0 saturated carbocycles. The van der Waals surface area contributed by atoms with Crippen LogP contribution in [0.4, 0.5) is 0 Å². The van der Waals surface area contributed by atoms with Crippen molar-refractivity contribution in [1.82, 2.24) is 4.57 Å². The molecule has 1 atom stereocenters. The average Bonchev–Trinajstić information content (AvgIpc) is 3.80. The van der Waals surface area contributed by atoms with Gasteiger partial charge in [0.2, 0.25) is 6.79 Å². The van der Waals surface area contributed by atoms with E-state index >= 15 is 0 Å². The van der Waals surface area contributed by atoms with Crippen LogP contribution in [0.25, 0.3) is 23.1 Å². The summed E-state index contributed by atoms with van der Waals surface area (Å²) in [5, 5.41) is 9.36. The highest BCUT2D eigenvalue weighted by atomic mass is 35.5. The first-order chi connectivity index (χ1) is 22.3. The number of ether oxygens (including phenoxy) is 3. The van der Waals surface area contributed by atoms with Crippen molar-refractivity contribution in [3.05, 3.63) is 132 Å². The Morgan fingerprint density at radius 3 is 2.61 bits per heavy atom. The van der Waals surface area contributed by atoms with Crippen LogP contribution in [0.2, 0.25) is 5.02 Å². The van der Waals surface area contributed by atoms with Gasteiger partial charge in [-0.1, -0.05) is 65.4 Å². The zero-order valence-electron chi connectivity index (χ0n) is 24.1. The van der Waals surface area contributed by atoms with Crippen LogP contribution in [0.15, 0.2) is 98.6 Å². The number of aromatic carboxylic acids is 1. The normalized spacial score (nSPS) is 15.4. The minimum absolute atomic E-state index is 0.0209. The standard InChI is InChI=1S/C34H23ClN2O8S/c1-2-42-33(41)28-29(18-6-4-3-5-7-18)36-34-37(30(28)20-9-12-25-26(15-20)44-17-43-25)31(38)27(46-34)16-21-10-13-24(45-21)19-8-11-22(32(39)40)23(35)14-19/h3-16,30H,2,17H2,1H3,(H,39,40)/b27-16-/t30-/m1/s1. The molecule has 4 heterocycles. The summed E-state index contributed by atoms with van der Waals surface area (Å²) in [5.74, 6) is 0.158. The summed E-state index contributed by atoms with van der Waals surface area (Å²) in [7, 11) is 0. The second kappa shape index (κ2) is 11.8. The summed E-state index contributed by atoms with van der Waals surface area (Å²) in [6, 6.07) is 21.6. The molecule has 2 aliphatic heterocycles. The Morgan fingerprint density at radius 2 is 1.85 bits per heavy atom. The maximum atomic E-state index is 14.2. The van der Waals surface area contributed by atoms with Crippen molar-refractivity contribution in [2.45, 2.75) is 13.0 Å². The number of aromatic nitrogens is 1. The van der Waals surface area contributed by atoms with Gasteiger partial charge in [-0.3, -0.25) is 9.36 Å². The SMILES string of the molecule is CCOC(=O)C1=C(c2ccccc2)N=c2s/c(=C\c3ccc(-c4ccc(C(=O)O)c(Cl)c4)o3)c(=O)n2[C@@H]1c1ccc2c(c1)OCO2. The maximum absolute atomic E-state index is 14.2. The van der Waals surface area contributed by atoms with Gasteiger partial charge < -0.3 is 23.7 Å². The van der Waals surface area contributed by atoms with Crippen molar-refractivity contribution in [2.75, 3.05) is 13.4 Å². The highest BCUT2D eigenvalue weighted by Crippen LogP contribution is 2.40. The van der Waals surface area contributed by atoms with Crippen molar-refractivity contribution in [3.63, 3.8) is 0 Å². The molecule has 3 aromatic carbocycles. The molecule has 0 amide bonds. The quantitative estimate of drug-likeness (QED) is 0.235. The fourth-order valence-electron chi connectivity index (χ4n) is 5.40. The van der Waals surface area contributed by atoms with E-state index in [1.54, 1.807) is 49.4 Å². The molecule has 1 N–H and O–H groups in total. The largest absolute Gasteiger partial charge is 0.478 e. The number of halogens is 1. The van der Waals surface area contributed by atoms with Crippen molar-refractivity contribution in [2.24, 2.45) is 4.99 Å². The number of esters is 1. The lowest BCUT2D eigenvalue weighted by Gasteiger charge is -2.26. The smallest absolute Gasteiger partial charge is 0.338 e. The lowest BCUT2D eigenvalue weighted by molar-refractivity contribution is -0.138. The number of hydrogen-bond donors (Lipinski definition) is 1. The number of furan rings is 1. The Bertz CT molecular complexity index is 2250. The molecule has 0 fully saturated rings. The van der Waals surface area contributed by atoms with E-state index in [9.17, 15) is 19.5 Å². The van der Waals surface area contributed by atoms with Gasteiger partial charge in [0.1, 0.15) is 11.5 Å². The first-order valence-corrected chi connectivity index (χ1v) is 15.3. The van der Waals surface area contributed by atoms with Crippen LogP contribution < -0.4 is 24.4 Å². The van der Waals surface area contributed by atoms with Gasteiger partial charge >= 0.3 is 11.9 Å². The fraction of sp³-hybridized carbons (Fsp3) is 0.118. The predicted octanol–water partition coefficient (Wildman–Crippen LogP) is 5.28. The highest BCUT2D eigenvalue weighted by molar-refractivity contribution is 7.07. The van der Waals surface area contributed by atoms with Gasteiger partial charge in [-0.15, -0.1) is 0 Å². The molecule has 2 aliphatic rings. The van der Waals surface area contributed by atoms with Gasteiger partial charge in [0.15, 0.2) is 16.3 Å². The molecule has 0 saturated heterocycles. The van der Waals surface area contributed by atoms with Crippen molar-refractivity contribution in [3.8, 4) is 22.8 Å². The second-order valence-corrected chi connectivity index (χ2v) is 11.7. The van der Waals surface area contributed by atoms with E-state index in [1.165, 1.54) is 16.7 Å². The Labute approximate surface area is 269 Å². The molecule has 2 aromatic heterocycles. The van der Waals surface area contributed by atoms with E-state index in [-0.39, 0.29) is 35.1 Å². The summed E-state index contributed by atoms with van der Waals surface area (Å²) in [6.45, 7) is 1.92. The van der Waals surface area contributed by atoms with Crippen LogP contribution in [0, 0.1) is 0 Å². The maximum Gasteiger partial charge on any atom is 0.338 e. The number of nitrogens with zero attached hydrogens (tertiary/aromatic N) is 2. The van der Waals surface area contributed by atoms with Crippen LogP contribution in [0.1, 0.15) is 40.2 Å². The fourth-order valence-corrected chi connectivity index (χ4v) is 6.64. The molecule has 0 aliphatic carbocycles. The number of rotatable bonds is 7. The number of benzene rings is 3. The molecule has 7 rings (SSSR count). The summed E-state index contributed by atoms with van der Waals surface area (Å²) in [5.41, 5.74) is 2.09. The van der Waals surface area contributed by atoms with Crippen LogP contribution in [-0.2, 0) is 9.53 Å². The van der Waals surface area contributed by atoms with Gasteiger partial charge in [0.25, 0.3) is 5.56 Å². The van der Waals surface area contributed by atoms with E-state index in [4.69, 9.17) is 35.2 Å². The van der Waals surface area contributed by atoms with Crippen LogP contribution in [-0.4, -0.2) is 35.0 Å². The zero-order valence-corrected chi connectivity index (χ0v) is 25.6. The minimum Gasteiger partial charge on any atom is -0.478 e. The summed E-state index contributed by atoms with van der Waals surface area (Å²) in [4.78, 5) is 44.4. The monoisotopic (exact) mass is 654 g/mol. The molecular weight excluding hydrogens is 632 g/mol. The number of hydrogen-bond acceptors (Lipinski definition) is 9. The molecule has 230 valence electrons. The molecule has 0 radical (unpaired) electrons. The lowest BCUT2D eigenvalue weighted by Crippen LogP contribution is -2.40. The number of thiazole rings is 1. The summed E-state index contributed by atoms with van der Waals surface area (Å²) < 4.78 is 24.5. The molecule has 10 nitrogen and oxygen atoms in total. The van der Waals surface area contributed by atoms with Crippen LogP contribution in [0.5, 0.6) is 11.5 Å². The number of carbonyl (C=O) groups is 2. The number of carbonyl (C=O) groups excluding carboxylic acids is 1. The van der Waals surface area contributed by atoms with E-state index in [2.05, 4.69) is 0 Å². The minimum atomic E-state index is -1.13. The molecule has 0 unspecified atom stereocenters. The van der Waals surface area contributed by atoms with Crippen LogP contribution in [0.3, 0.4) is 0 Å². The van der Waals surface area contributed by atoms with Gasteiger partial charge in [-0.2, -0.15) is 0 Å². The Morgan fingerprint density at radius 1 is 1.04 bits per heavy atom. The molecule has 5 aromatic rings. The number of carboxylic acid groups (broad SMARTS) is 1. The van der Waals surface area contributed by atoms with Gasteiger partial charge in [0, 0.05) is 17.2 Å². The predicted molar refractivity (Wildman–Crippen MR) is 170 cm³/mol. The Kier molecular flexibility index (Phi) is 7.55. The highest BCUT2D eigenvalue weighted by Gasteiger charge is 2.36. The summed E-state index contributed by atoms with van der Waals surface area (Å²) in [6.07, 6.45) is 1.60. The number of fused-ring (bicyclic) bond motifs is 2. The van der Waals surface area contributed by atoms with Crippen LogP contribution >= 0.6 is 22.9 Å². The van der Waals surface area contributed by atoms with Crippen molar-refractivity contribution >= 4 is 46.6 Å². The Balaban J connectivity index is 1.40. The molecule has 0 bridgehead atoms. The molecule has 0 spiro atoms. The molecule has 12 heteroatoms. The molecule has 46 heavy (non-hydrogen) atoms. The van der Waals surface area contributed by atoms with Crippen molar-refractivity contribution < 1.29 is 33.3 Å². The lowest BCUT2D eigenvalue weighted by atomic mass is 9.93. The first kappa shape index (κ1) is 29.3. The summed E-state index contributed by atoms with van der Waals surface area (Å²) >= 11 is 7.32. The van der Waals surface area contributed by atoms with Gasteiger partial charge in [-0.25, -0.2) is 14.6 Å². The third-order valence-corrected chi connectivity index (χ3v) is 8.77. The second-order valence-electron chi connectivity index (χ2n) is 10.2. The zero-order chi connectivity index (χ0) is 31.9. The van der Waals surface area contributed by atoms with E-state index in [0.717, 1.165) is 11.3 Å². The third-order valence-electron chi connectivity index (χ3n) is 7.47. The third kappa shape index (κ3) is 5.19. The van der Waals surface area contributed by atoms with E-state index < -0.39 is 18.0 Å². The number of carboxylic acids is 1. The van der Waals surface area contributed by atoms with Crippen molar-refractivity contribution in [1.29, 1.82) is 0 Å². The topological polar surface area (TPSA) is 130 Å².